The van der Waals surface area contributed by atoms with E-state index in [-0.39, 0.29) is 6.42 Å². The van der Waals surface area contributed by atoms with Crippen molar-refractivity contribution in [3.05, 3.63) is 63.9 Å². The molecule has 0 unspecified atom stereocenters. The lowest BCUT2D eigenvalue weighted by Gasteiger charge is -2.07. The van der Waals surface area contributed by atoms with Gasteiger partial charge < -0.3 is 4.74 Å². The standard InChI is InChI=1S/C15H10O3S/c16-13-9-11(15(17)18-13)14(12-7-4-8-19-12)10-5-2-1-3-6-10/h1-8H,9H2. The number of hydrogen-bond acceptors (Lipinski definition) is 4. The van der Waals surface area contributed by atoms with E-state index in [1.807, 2.05) is 47.8 Å². The summed E-state index contributed by atoms with van der Waals surface area (Å²) in [5.74, 6) is -1.01. The molecule has 94 valence electrons. The van der Waals surface area contributed by atoms with E-state index >= 15 is 0 Å². The smallest absolute Gasteiger partial charge is 0.342 e. The minimum absolute atomic E-state index is 0.0426. The number of thiophene rings is 1. The van der Waals surface area contributed by atoms with E-state index in [1.54, 1.807) is 0 Å². The fourth-order valence-corrected chi connectivity index (χ4v) is 2.92. The molecule has 0 aliphatic carbocycles. The van der Waals surface area contributed by atoms with Crippen molar-refractivity contribution in [2.75, 3.05) is 0 Å². The molecule has 19 heavy (non-hydrogen) atoms. The largest absolute Gasteiger partial charge is 0.389 e. The summed E-state index contributed by atoms with van der Waals surface area (Å²) in [7, 11) is 0. The molecule has 0 bridgehead atoms. The third kappa shape index (κ3) is 2.22. The summed E-state index contributed by atoms with van der Waals surface area (Å²) in [5, 5.41) is 1.95. The van der Waals surface area contributed by atoms with Gasteiger partial charge in [-0.05, 0) is 17.0 Å². The molecule has 0 spiro atoms. The summed E-state index contributed by atoms with van der Waals surface area (Å²) in [5.41, 5.74) is 2.16. The molecule has 1 fully saturated rings. The van der Waals surface area contributed by atoms with E-state index in [1.165, 1.54) is 11.3 Å². The van der Waals surface area contributed by atoms with Crippen molar-refractivity contribution in [3.8, 4) is 0 Å². The zero-order valence-electron chi connectivity index (χ0n) is 9.96. The Hall–Kier alpha value is -2.20. The van der Waals surface area contributed by atoms with Crippen molar-refractivity contribution in [1.82, 2.24) is 0 Å². The summed E-state index contributed by atoms with van der Waals surface area (Å²) in [4.78, 5) is 24.1. The highest BCUT2D eigenvalue weighted by Gasteiger charge is 2.31. The second-order valence-electron chi connectivity index (χ2n) is 4.14. The monoisotopic (exact) mass is 270 g/mol. The van der Waals surface area contributed by atoms with Gasteiger partial charge in [-0.15, -0.1) is 11.3 Å². The second kappa shape index (κ2) is 4.82. The van der Waals surface area contributed by atoms with Crippen molar-refractivity contribution in [2.24, 2.45) is 0 Å². The molecule has 0 saturated carbocycles. The first-order chi connectivity index (χ1) is 9.25. The van der Waals surface area contributed by atoms with Crippen molar-refractivity contribution in [3.63, 3.8) is 0 Å². The SMILES string of the molecule is O=C1CC(=C(c2ccccc2)c2cccs2)C(=O)O1. The molecule has 1 aromatic heterocycles. The highest BCUT2D eigenvalue weighted by molar-refractivity contribution is 7.11. The lowest BCUT2D eigenvalue weighted by Crippen LogP contribution is -2.00. The van der Waals surface area contributed by atoms with Crippen molar-refractivity contribution in [2.45, 2.75) is 6.42 Å². The topological polar surface area (TPSA) is 43.4 Å². The van der Waals surface area contributed by atoms with Gasteiger partial charge in [-0.3, -0.25) is 4.79 Å². The van der Waals surface area contributed by atoms with Crippen LogP contribution in [0.25, 0.3) is 5.57 Å². The number of ether oxygens (including phenoxy) is 1. The van der Waals surface area contributed by atoms with Crippen LogP contribution in [0.5, 0.6) is 0 Å². The fraction of sp³-hybridized carbons (Fsp3) is 0.0667. The Morgan fingerprint density at radius 2 is 1.84 bits per heavy atom. The molecule has 0 radical (unpaired) electrons. The Morgan fingerprint density at radius 1 is 1.05 bits per heavy atom. The van der Waals surface area contributed by atoms with Gasteiger partial charge in [0.25, 0.3) is 0 Å². The summed E-state index contributed by atoms with van der Waals surface area (Å²) in [6.07, 6.45) is 0.0426. The normalized spacial score (nSPS) is 17.5. The minimum atomic E-state index is -0.530. The van der Waals surface area contributed by atoms with Crippen molar-refractivity contribution >= 4 is 28.8 Å². The van der Waals surface area contributed by atoms with Crippen molar-refractivity contribution < 1.29 is 14.3 Å². The third-order valence-corrected chi connectivity index (χ3v) is 3.79. The lowest BCUT2D eigenvalue weighted by atomic mass is 9.97. The Kier molecular flexibility index (Phi) is 3.01. The maximum atomic E-state index is 11.8. The summed E-state index contributed by atoms with van der Waals surface area (Å²) < 4.78 is 4.64. The lowest BCUT2D eigenvalue weighted by molar-refractivity contribution is -0.151. The molecule has 1 aromatic carbocycles. The Bertz CT molecular complexity index is 654. The maximum Gasteiger partial charge on any atom is 0.342 e. The number of carbonyl (C=O) groups is 2. The van der Waals surface area contributed by atoms with E-state index < -0.39 is 11.9 Å². The number of benzene rings is 1. The zero-order chi connectivity index (χ0) is 13.2. The average molecular weight is 270 g/mol. The van der Waals surface area contributed by atoms with Gasteiger partial charge in [0.1, 0.15) is 0 Å². The van der Waals surface area contributed by atoms with Gasteiger partial charge in [-0.1, -0.05) is 36.4 Å². The van der Waals surface area contributed by atoms with Crippen LogP contribution in [0.2, 0.25) is 0 Å². The first-order valence-electron chi connectivity index (χ1n) is 5.83. The highest BCUT2D eigenvalue weighted by Crippen LogP contribution is 2.34. The van der Waals surface area contributed by atoms with Crippen LogP contribution in [0.1, 0.15) is 16.9 Å². The van der Waals surface area contributed by atoms with Crippen LogP contribution in [-0.2, 0) is 14.3 Å². The van der Waals surface area contributed by atoms with Gasteiger partial charge in [-0.25, -0.2) is 4.79 Å². The summed E-state index contributed by atoms with van der Waals surface area (Å²) in [6.45, 7) is 0. The van der Waals surface area contributed by atoms with E-state index in [4.69, 9.17) is 0 Å². The Labute approximate surface area is 114 Å². The van der Waals surface area contributed by atoms with E-state index in [2.05, 4.69) is 4.74 Å². The first kappa shape index (κ1) is 11.9. The van der Waals surface area contributed by atoms with Gasteiger partial charge >= 0.3 is 11.9 Å². The fourth-order valence-electron chi connectivity index (χ4n) is 2.10. The zero-order valence-corrected chi connectivity index (χ0v) is 10.8. The number of hydrogen-bond donors (Lipinski definition) is 0. The average Bonchev–Trinajstić information content (AvgIpc) is 3.03. The van der Waals surface area contributed by atoms with Gasteiger partial charge in [0.05, 0.1) is 12.0 Å². The number of cyclic esters (lactones) is 2. The number of esters is 2. The van der Waals surface area contributed by atoms with Crippen LogP contribution in [0, 0.1) is 0 Å². The number of carbonyl (C=O) groups excluding carboxylic acids is 2. The van der Waals surface area contributed by atoms with Crippen LogP contribution in [0.15, 0.2) is 53.4 Å². The van der Waals surface area contributed by atoms with Crippen molar-refractivity contribution in [1.29, 1.82) is 0 Å². The summed E-state index contributed by atoms with van der Waals surface area (Å²) >= 11 is 1.54. The molecule has 2 heterocycles. The van der Waals surface area contributed by atoms with Gasteiger partial charge in [0.15, 0.2) is 0 Å². The molecule has 0 amide bonds. The van der Waals surface area contributed by atoms with Crippen LogP contribution in [-0.4, -0.2) is 11.9 Å². The van der Waals surface area contributed by atoms with Crippen LogP contribution >= 0.6 is 11.3 Å². The molecule has 1 aliphatic rings. The quantitative estimate of drug-likeness (QED) is 0.478. The molecule has 0 atom stereocenters. The molecular weight excluding hydrogens is 260 g/mol. The molecule has 1 saturated heterocycles. The van der Waals surface area contributed by atoms with Gasteiger partial charge in [0.2, 0.25) is 0 Å². The maximum absolute atomic E-state index is 11.8. The van der Waals surface area contributed by atoms with Crippen LogP contribution in [0.3, 0.4) is 0 Å². The van der Waals surface area contributed by atoms with E-state index in [9.17, 15) is 9.59 Å². The second-order valence-corrected chi connectivity index (χ2v) is 5.08. The van der Waals surface area contributed by atoms with Gasteiger partial charge in [0, 0.05) is 10.5 Å². The van der Waals surface area contributed by atoms with E-state index in [0.717, 1.165) is 16.0 Å². The predicted octanol–water partition coefficient (Wildman–Crippen LogP) is 3.02. The highest BCUT2D eigenvalue weighted by atomic mass is 32.1. The summed E-state index contributed by atoms with van der Waals surface area (Å²) in [6, 6.07) is 13.5. The minimum Gasteiger partial charge on any atom is -0.389 e. The third-order valence-electron chi connectivity index (χ3n) is 2.91. The molecule has 1 aliphatic heterocycles. The predicted molar refractivity (Wildman–Crippen MR) is 72.5 cm³/mol. The Morgan fingerprint density at radius 3 is 2.42 bits per heavy atom. The Balaban J connectivity index is 2.21. The molecule has 2 aromatic rings. The molecule has 3 rings (SSSR count). The van der Waals surface area contributed by atoms with Crippen LogP contribution in [0.4, 0.5) is 0 Å². The van der Waals surface area contributed by atoms with Crippen LogP contribution < -0.4 is 0 Å². The molecule has 4 heteroatoms. The van der Waals surface area contributed by atoms with E-state index in [0.29, 0.717) is 5.57 Å². The molecule has 3 nitrogen and oxygen atoms in total. The number of rotatable bonds is 2. The molecular formula is C15H10O3S. The first-order valence-corrected chi connectivity index (χ1v) is 6.71. The molecule has 0 N–H and O–H groups in total. The van der Waals surface area contributed by atoms with Gasteiger partial charge in [-0.2, -0.15) is 0 Å².